The Bertz CT molecular complexity index is 659. The van der Waals surface area contributed by atoms with Crippen molar-refractivity contribution >= 4 is 23.0 Å². The molecule has 3 nitrogen and oxygen atoms in total. The van der Waals surface area contributed by atoms with Crippen LogP contribution >= 0.6 is 11.3 Å². The quantitative estimate of drug-likeness (QED) is 0.701. The fraction of sp³-hybridized carbons (Fsp3) is 0.400. The van der Waals surface area contributed by atoms with Crippen LogP contribution in [0.3, 0.4) is 0 Å². The van der Waals surface area contributed by atoms with Crippen LogP contribution in [-0.2, 0) is 11.2 Å². The smallest absolute Gasteiger partial charge is 0.220 e. The van der Waals surface area contributed by atoms with E-state index in [2.05, 4.69) is 43.4 Å². The van der Waals surface area contributed by atoms with Gasteiger partial charge in [-0.1, -0.05) is 44.2 Å². The van der Waals surface area contributed by atoms with E-state index < -0.39 is 0 Å². The molecule has 2 rings (SSSR count). The van der Waals surface area contributed by atoms with E-state index in [9.17, 15) is 9.59 Å². The minimum atomic E-state index is -0.0846. The highest BCUT2D eigenvalue weighted by molar-refractivity contribution is 7.12. The molecule has 4 heteroatoms. The van der Waals surface area contributed by atoms with Gasteiger partial charge < -0.3 is 5.32 Å². The molecule has 0 bridgehead atoms. The van der Waals surface area contributed by atoms with Crippen molar-refractivity contribution in [2.24, 2.45) is 5.92 Å². The van der Waals surface area contributed by atoms with Crippen molar-refractivity contribution in [2.75, 3.05) is 0 Å². The monoisotopic (exact) mass is 343 g/mol. The highest BCUT2D eigenvalue weighted by Crippen LogP contribution is 2.16. The van der Waals surface area contributed by atoms with Crippen LogP contribution in [0.15, 0.2) is 41.8 Å². The third kappa shape index (κ3) is 5.60. The van der Waals surface area contributed by atoms with E-state index in [0.717, 1.165) is 16.9 Å². The zero-order valence-electron chi connectivity index (χ0n) is 14.5. The third-order valence-electron chi connectivity index (χ3n) is 3.88. The molecule has 0 aliphatic rings. The topological polar surface area (TPSA) is 46.2 Å². The van der Waals surface area contributed by atoms with Gasteiger partial charge in [0, 0.05) is 12.8 Å². The van der Waals surface area contributed by atoms with E-state index in [0.29, 0.717) is 5.92 Å². The lowest BCUT2D eigenvalue weighted by molar-refractivity contribution is -0.121. The summed E-state index contributed by atoms with van der Waals surface area (Å²) in [7, 11) is 0. The van der Waals surface area contributed by atoms with Crippen LogP contribution in [0.25, 0.3) is 0 Å². The first-order chi connectivity index (χ1) is 11.5. The van der Waals surface area contributed by atoms with Gasteiger partial charge >= 0.3 is 0 Å². The Balaban J connectivity index is 1.81. The second kappa shape index (κ2) is 8.78. The molecule has 0 fully saturated rings. The van der Waals surface area contributed by atoms with E-state index in [-0.39, 0.29) is 30.6 Å². The summed E-state index contributed by atoms with van der Waals surface area (Å²) in [5.41, 5.74) is 2.40. The molecule has 0 spiro atoms. The van der Waals surface area contributed by atoms with Crippen LogP contribution in [0.2, 0.25) is 0 Å². The fourth-order valence-electron chi connectivity index (χ4n) is 2.60. The number of rotatable bonds is 8. The van der Waals surface area contributed by atoms with Gasteiger partial charge in [-0.2, -0.15) is 0 Å². The van der Waals surface area contributed by atoms with Gasteiger partial charge in [0.25, 0.3) is 0 Å². The number of carbonyl (C=O) groups is 2. The summed E-state index contributed by atoms with van der Waals surface area (Å²) in [4.78, 5) is 24.7. The van der Waals surface area contributed by atoms with E-state index >= 15 is 0 Å². The van der Waals surface area contributed by atoms with Crippen LogP contribution in [0.4, 0.5) is 0 Å². The van der Waals surface area contributed by atoms with E-state index in [1.165, 1.54) is 16.9 Å². The summed E-state index contributed by atoms with van der Waals surface area (Å²) in [5.74, 6) is 0.582. The first kappa shape index (κ1) is 18.4. The minimum absolute atomic E-state index is 0.0332. The summed E-state index contributed by atoms with van der Waals surface area (Å²) >= 11 is 1.42. The molecule has 0 unspecified atom stereocenters. The molecule has 128 valence electrons. The Morgan fingerprint density at radius 2 is 1.75 bits per heavy atom. The molecule has 0 aliphatic heterocycles. The molecule has 0 saturated heterocycles. The van der Waals surface area contributed by atoms with Gasteiger partial charge in [-0.25, -0.2) is 0 Å². The van der Waals surface area contributed by atoms with Gasteiger partial charge in [0.15, 0.2) is 5.78 Å². The molecule has 1 aromatic heterocycles. The van der Waals surface area contributed by atoms with E-state index in [1.54, 1.807) is 6.07 Å². The highest BCUT2D eigenvalue weighted by Gasteiger charge is 2.13. The lowest BCUT2D eigenvalue weighted by atomic mass is 10.00. The summed E-state index contributed by atoms with van der Waals surface area (Å²) in [6.07, 6.45) is 1.55. The fourth-order valence-corrected chi connectivity index (χ4v) is 3.29. The average molecular weight is 343 g/mol. The van der Waals surface area contributed by atoms with Gasteiger partial charge in [0.1, 0.15) is 0 Å². The van der Waals surface area contributed by atoms with Crippen molar-refractivity contribution < 1.29 is 9.59 Å². The van der Waals surface area contributed by atoms with Gasteiger partial charge in [-0.05, 0) is 41.8 Å². The molecular weight excluding hydrogens is 318 g/mol. The molecule has 1 aromatic carbocycles. The van der Waals surface area contributed by atoms with E-state index in [4.69, 9.17) is 0 Å². The van der Waals surface area contributed by atoms with Crippen molar-refractivity contribution in [3.63, 3.8) is 0 Å². The van der Waals surface area contributed by atoms with Gasteiger partial charge in [0.05, 0.1) is 10.9 Å². The molecule has 1 N–H and O–H groups in total. The lowest BCUT2D eigenvalue weighted by Gasteiger charge is -2.15. The molecule has 2 aromatic rings. The zero-order chi connectivity index (χ0) is 17.5. The number of carbonyl (C=O) groups excluding carboxylic acids is 2. The van der Waals surface area contributed by atoms with Crippen molar-refractivity contribution in [3.05, 3.63) is 57.8 Å². The number of hydrogen-bond acceptors (Lipinski definition) is 3. The second-order valence-corrected chi connectivity index (χ2v) is 7.48. The number of benzene rings is 1. The Hall–Kier alpha value is -1.94. The van der Waals surface area contributed by atoms with Gasteiger partial charge in [-0.15, -0.1) is 11.3 Å². The van der Waals surface area contributed by atoms with Gasteiger partial charge in [-0.3, -0.25) is 9.59 Å². The Morgan fingerprint density at radius 3 is 2.33 bits per heavy atom. The number of thiophene rings is 1. The first-order valence-electron chi connectivity index (χ1n) is 8.40. The predicted molar refractivity (Wildman–Crippen MR) is 99.4 cm³/mol. The summed E-state index contributed by atoms with van der Waals surface area (Å²) < 4.78 is 0. The van der Waals surface area contributed by atoms with Crippen LogP contribution in [-0.4, -0.2) is 11.7 Å². The molecular formula is C20H25NO2S. The van der Waals surface area contributed by atoms with Crippen LogP contribution in [0.1, 0.15) is 60.5 Å². The maximum Gasteiger partial charge on any atom is 0.220 e. The predicted octanol–water partition coefficient (Wildman–Crippen LogP) is 4.79. The Labute approximate surface area is 148 Å². The summed E-state index contributed by atoms with van der Waals surface area (Å²) in [6.45, 7) is 6.37. The molecule has 0 aliphatic carbocycles. The number of ketones is 1. The van der Waals surface area contributed by atoms with Crippen molar-refractivity contribution in [1.82, 2.24) is 5.32 Å². The highest BCUT2D eigenvalue weighted by atomic mass is 32.1. The number of nitrogens with one attached hydrogen (secondary N) is 1. The summed E-state index contributed by atoms with van der Waals surface area (Å²) in [5, 5.41) is 4.84. The number of Topliss-reactive ketones (excluding diaryl/α,β-unsaturated/α-hetero) is 1. The molecule has 24 heavy (non-hydrogen) atoms. The first-order valence-corrected chi connectivity index (χ1v) is 9.28. The number of hydrogen-bond donors (Lipinski definition) is 1. The maximum atomic E-state index is 12.1. The standard InChI is InChI=1S/C20H25NO2S/c1-14(2)13-16-6-8-17(9-7-16)15(3)21-20(23)11-10-18(22)19-5-4-12-24-19/h4-9,12,14-15H,10-11,13H2,1-3H3,(H,21,23)/t15-/m0/s1. The van der Waals surface area contributed by atoms with Crippen LogP contribution in [0, 0.1) is 5.92 Å². The minimum Gasteiger partial charge on any atom is -0.350 e. The molecule has 1 amide bonds. The SMILES string of the molecule is CC(C)Cc1ccc([C@H](C)NC(=O)CCC(=O)c2cccs2)cc1. The Kier molecular flexibility index (Phi) is 6.73. The largest absolute Gasteiger partial charge is 0.350 e. The average Bonchev–Trinajstić information content (AvgIpc) is 3.07. The van der Waals surface area contributed by atoms with Crippen LogP contribution < -0.4 is 5.32 Å². The normalized spacial score (nSPS) is 12.2. The zero-order valence-corrected chi connectivity index (χ0v) is 15.4. The second-order valence-electron chi connectivity index (χ2n) is 6.53. The van der Waals surface area contributed by atoms with Crippen molar-refractivity contribution in [2.45, 2.75) is 46.1 Å². The molecule has 1 heterocycles. The third-order valence-corrected chi connectivity index (χ3v) is 4.79. The van der Waals surface area contributed by atoms with Crippen molar-refractivity contribution in [1.29, 1.82) is 0 Å². The van der Waals surface area contributed by atoms with E-state index in [1.807, 2.05) is 18.4 Å². The summed E-state index contributed by atoms with van der Waals surface area (Å²) in [6, 6.07) is 12.0. The number of amides is 1. The van der Waals surface area contributed by atoms with Crippen molar-refractivity contribution in [3.8, 4) is 0 Å². The van der Waals surface area contributed by atoms with Crippen LogP contribution in [0.5, 0.6) is 0 Å². The Morgan fingerprint density at radius 1 is 1.04 bits per heavy atom. The van der Waals surface area contributed by atoms with Gasteiger partial charge in [0.2, 0.25) is 5.91 Å². The molecule has 1 atom stereocenters. The molecule has 0 radical (unpaired) electrons. The lowest BCUT2D eigenvalue weighted by Crippen LogP contribution is -2.26. The maximum absolute atomic E-state index is 12.1. The molecule has 0 saturated carbocycles.